The molecule has 4 fully saturated rings. The Kier molecular flexibility index (Phi) is 7.45. The van der Waals surface area contributed by atoms with Gasteiger partial charge < -0.3 is 28.5 Å². The van der Waals surface area contributed by atoms with Crippen LogP contribution in [0.5, 0.6) is 0 Å². The molecule has 0 aromatic rings. The SMILES string of the molecule is CCCCCCCCCC[N+]12CCN3CCN4CCN(CC1)C2C43.[I-]. The van der Waals surface area contributed by atoms with Crippen molar-refractivity contribution in [2.75, 3.05) is 58.9 Å². The molecule has 0 aromatic heterocycles. The van der Waals surface area contributed by atoms with Crippen LogP contribution in [0.1, 0.15) is 58.3 Å². The summed E-state index contributed by atoms with van der Waals surface area (Å²) >= 11 is 0. The molecule has 3 unspecified atom stereocenters. The van der Waals surface area contributed by atoms with E-state index in [1.165, 1.54) is 115 Å². The van der Waals surface area contributed by atoms with Crippen LogP contribution in [0.3, 0.4) is 0 Å². The summed E-state index contributed by atoms with van der Waals surface area (Å²) in [5.41, 5.74) is 0. The number of hydrogen-bond donors (Lipinski definition) is 0. The lowest BCUT2D eigenvalue weighted by molar-refractivity contribution is -0.954. The Labute approximate surface area is 172 Å². The summed E-state index contributed by atoms with van der Waals surface area (Å²) in [7, 11) is 0. The molecule has 4 rings (SSSR count). The molecule has 0 radical (unpaired) electrons. The second-order valence-electron chi connectivity index (χ2n) is 8.80. The van der Waals surface area contributed by atoms with Crippen molar-refractivity contribution in [1.29, 1.82) is 0 Å². The summed E-state index contributed by atoms with van der Waals surface area (Å²) < 4.78 is 1.44. The minimum atomic E-state index is 0. The average molecular weight is 462 g/mol. The second-order valence-corrected chi connectivity index (χ2v) is 8.80. The Hall–Kier alpha value is 0.570. The highest BCUT2D eigenvalue weighted by molar-refractivity contribution is 4.97. The highest BCUT2D eigenvalue weighted by atomic mass is 127. The smallest absolute Gasteiger partial charge is 0.175 e. The second kappa shape index (κ2) is 9.18. The van der Waals surface area contributed by atoms with Gasteiger partial charge in [-0.3, -0.25) is 9.80 Å². The van der Waals surface area contributed by atoms with Crippen molar-refractivity contribution < 1.29 is 28.5 Å². The van der Waals surface area contributed by atoms with E-state index in [0.29, 0.717) is 0 Å². The fourth-order valence-corrected chi connectivity index (χ4v) is 6.02. The number of quaternary nitrogens is 1. The molecule has 0 aliphatic carbocycles. The molecule has 4 saturated heterocycles. The maximum atomic E-state index is 2.85. The van der Waals surface area contributed by atoms with Crippen molar-refractivity contribution in [3.63, 3.8) is 0 Å². The minimum absolute atomic E-state index is 0. The van der Waals surface area contributed by atoms with Gasteiger partial charge in [0.15, 0.2) is 6.17 Å². The van der Waals surface area contributed by atoms with E-state index in [1.807, 2.05) is 0 Å². The molecule has 4 nitrogen and oxygen atoms in total. The summed E-state index contributed by atoms with van der Waals surface area (Å²) in [5.74, 6) is 0. The lowest BCUT2D eigenvalue weighted by Gasteiger charge is -2.54. The van der Waals surface area contributed by atoms with Gasteiger partial charge in [-0.05, 0) is 12.8 Å². The fourth-order valence-electron chi connectivity index (χ4n) is 6.02. The molecule has 4 heterocycles. The van der Waals surface area contributed by atoms with Crippen LogP contribution in [0.15, 0.2) is 0 Å². The molecule has 0 bridgehead atoms. The number of hydrogen-bond acceptors (Lipinski definition) is 3. The van der Waals surface area contributed by atoms with Gasteiger partial charge in [-0.25, -0.2) is 4.90 Å². The zero-order valence-electron chi connectivity index (χ0n) is 16.3. The molecule has 5 heteroatoms. The molecule has 4 aliphatic rings. The first-order valence-corrected chi connectivity index (χ1v) is 10.9. The zero-order chi connectivity index (χ0) is 16.4. The highest BCUT2D eigenvalue weighted by Crippen LogP contribution is 2.39. The van der Waals surface area contributed by atoms with Crippen LogP contribution in [0.2, 0.25) is 0 Å². The normalized spacial score (nSPS) is 34.9. The Morgan fingerprint density at radius 2 is 1.20 bits per heavy atom. The van der Waals surface area contributed by atoms with Crippen molar-refractivity contribution in [1.82, 2.24) is 14.7 Å². The first-order valence-electron chi connectivity index (χ1n) is 10.9. The molecule has 3 atom stereocenters. The lowest BCUT2D eigenvalue weighted by atomic mass is 10.1. The number of piperazine rings is 2. The molecule has 0 N–H and O–H groups in total. The molecular formula is C20H39IN4. The predicted octanol–water partition coefficient (Wildman–Crippen LogP) is -0.439. The molecule has 25 heavy (non-hydrogen) atoms. The summed E-state index contributed by atoms with van der Waals surface area (Å²) in [6.07, 6.45) is 13.2. The van der Waals surface area contributed by atoms with Crippen LogP contribution in [-0.4, -0.2) is 90.4 Å². The summed E-state index contributed by atoms with van der Waals surface area (Å²) in [6, 6.07) is 0. The van der Waals surface area contributed by atoms with Crippen LogP contribution in [0.4, 0.5) is 0 Å². The third-order valence-corrected chi connectivity index (χ3v) is 7.42. The molecule has 0 spiro atoms. The van der Waals surface area contributed by atoms with Crippen molar-refractivity contribution in [2.45, 2.75) is 70.6 Å². The monoisotopic (exact) mass is 462 g/mol. The van der Waals surface area contributed by atoms with E-state index < -0.39 is 0 Å². The Bertz CT molecular complexity index is 415. The van der Waals surface area contributed by atoms with E-state index in [9.17, 15) is 0 Å². The van der Waals surface area contributed by atoms with Crippen LogP contribution >= 0.6 is 0 Å². The molecule has 146 valence electrons. The molecular weight excluding hydrogens is 423 g/mol. The number of rotatable bonds is 9. The van der Waals surface area contributed by atoms with Gasteiger partial charge in [-0.1, -0.05) is 45.4 Å². The van der Waals surface area contributed by atoms with Crippen LogP contribution < -0.4 is 24.0 Å². The first-order chi connectivity index (χ1) is 11.8. The van der Waals surface area contributed by atoms with Gasteiger partial charge in [0.2, 0.25) is 0 Å². The maximum absolute atomic E-state index is 2.85. The van der Waals surface area contributed by atoms with Gasteiger partial charge in [-0.15, -0.1) is 0 Å². The summed E-state index contributed by atoms with van der Waals surface area (Å²) in [4.78, 5) is 8.45. The van der Waals surface area contributed by atoms with E-state index in [-0.39, 0.29) is 24.0 Å². The first kappa shape index (κ1) is 20.3. The number of halogens is 1. The molecule has 4 aliphatic heterocycles. The van der Waals surface area contributed by atoms with E-state index in [2.05, 4.69) is 21.6 Å². The quantitative estimate of drug-likeness (QED) is 0.262. The van der Waals surface area contributed by atoms with E-state index in [0.717, 1.165) is 12.3 Å². The van der Waals surface area contributed by atoms with E-state index in [4.69, 9.17) is 0 Å². The molecule has 0 saturated carbocycles. The lowest BCUT2D eigenvalue weighted by Crippen LogP contribution is -3.00. The Morgan fingerprint density at radius 1 is 0.680 bits per heavy atom. The largest absolute Gasteiger partial charge is 1.00 e. The maximum Gasteiger partial charge on any atom is 0.175 e. The highest BCUT2D eigenvalue weighted by Gasteiger charge is 2.59. The number of unbranched alkanes of at least 4 members (excludes halogenated alkanes) is 7. The van der Waals surface area contributed by atoms with Gasteiger partial charge >= 0.3 is 0 Å². The van der Waals surface area contributed by atoms with Crippen LogP contribution in [0.25, 0.3) is 0 Å². The van der Waals surface area contributed by atoms with Crippen molar-refractivity contribution in [2.24, 2.45) is 0 Å². The fraction of sp³-hybridized carbons (Fsp3) is 1.00. The van der Waals surface area contributed by atoms with Gasteiger partial charge in [0.25, 0.3) is 0 Å². The van der Waals surface area contributed by atoms with Crippen molar-refractivity contribution >= 4 is 0 Å². The average Bonchev–Trinajstić information content (AvgIpc) is 3.18. The number of nitrogens with zero attached hydrogens (tertiary/aromatic N) is 4. The summed E-state index contributed by atoms with van der Waals surface area (Å²) in [5, 5.41) is 0. The zero-order valence-corrected chi connectivity index (χ0v) is 18.5. The third-order valence-electron chi connectivity index (χ3n) is 7.42. The van der Waals surface area contributed by atoms with Gasteiger partial charge in [0, 0.05) is 32.7 Å². The van der Waals surface area contributed by atoms with Crippen molar-refractivity contribution in [3.8, 4) is 0 Å². The molecule has 0 aromatic carbocycles. The standard InChI is InChI=1S/C20H39N4.HI/c1-2-3-4-5-6-7-8-9-16-24-17-14-22-11-10-21-12-13-23(15-18-24)20(24)19(21)22;/h19-20H,2-18H2,1H3;1H/q+1;/p-1. The van der Waals surface area contributed by atoms with Crippen LogP contribution in [0, 0.1) is 0 Å². The molecule has 0 amide bonds. The van der Waals surface area contributed by atoms with E-state index >= 15 is 0 Å². The topological polar surface area (TPSA) is 9.72 Å². The van der Waals surface area contributed by atoms with Gasteiger partial charge in [-0.2, -0.15) is 0 Å². The van der Waals surface area contributed by atoms with Gasteiger partial charge in [0.05, 0.1) is 26.2 Å². The Morgan fingerprint density at radius 3 is 1.88 bits per heavy atom. The Balaban J connectivity index is 0.00000182. The predicted molar refractivity (Wildman–Crippen MR) is 99.8 cm³/mol. The van der Waals surface area contributed by atoms with Crippen LogP contribution in [-0.2, 0) is 0 Å². The summed E-state index contributed by atoms with van der Waals surface area (Å²) in [6.45, 7) is 14.6. The van der Waals surface area contributed by atoms with E-state index in [1.54, 1.807) is 0 Å². The third kappa shape index (κ3) is 4.05. The van der Waals surface area contributed by atoms with Gasteiger partial charge in [0.1, 0.15) is 6.17 Å². The van der Waals surface area contributed by atoms with Crippen molar-refractivity contribution in [3.05, 3.63) is 0 Å². The minimum Gasteiger partial charge on any atom is -1.00 e.